The van der Waals surface area contributed by atoms with Crippen molar-refractivity contribution in [2.75, 3.05) is 24.2 Å². The van der Waals surface area contributed by atoms with Crippen molar-refractivity contribution in [1.82, 2.24) is 5.32 Å². The highest BCUT2D eigenvalue weighted by Gasteiger charge is 2.35. The van der Waals surface area contributed by atoms with Gasteiger partial charge in [0.25, 0.3) is 0 Å². The summed E-state index contributed by atoms with van der Waals surface area (Å²) in [5.74, 6) is 0.951. The number of nitrogens with zero attached hydrogens (tertiary/aromatic N) is 1. The van der Waals surface area contributed by atoms with Crippen molar-refractivity contribution in [3.8, 4) is 11.5 Å². The molecule has 0 aromatic heterocycles. The Bertz CT molecular complexity index is 1070. The van der Waals surface area contributed by atoms with E-state index in [-0.39, 0.29) is 18.5 Å². The van der Waals surface area contributed by atoms with Gasteiger partial charge in [-0.2, -0.15) is 0 Å². The fraction of sp³-hybridized carbons (Fsp3) is 0.435. The Hall–Kier alpha value is -2.74. The molecule has 0 aliphatic carbocycles. The number of amides is 1. The lowest BCUT2D eigenvalue weighted by molar-refractivity contribution is -0.120. The Morgan fingerprint density at radius 3 is 2.42 bits per heavy atom. The minimum atomic E-state index is -3.65. The normalized spacial score (nSPS) is 17.3. The van der Waals surface area contributed by atoms with E-state index in [0.717, 1.165) is 27.3 Å². The summed E-state index contributed by atoms with van der Waals surface area (Å²) in [4.78, 5) is 13.0. The van der Waals surface area contributed by atoms with Gasteiger partial charge in [0.1, 0.15) is 23.6 Å². The van der Waals surface area contributed by atoms with Gasteiger partial charge in [-0.1, -0.05) is 6.07 Å². The number of carbonyl (C=O) groups is 1. The van der Waals surface area contributed by atoms with Crippen LogP contribution >= 0.6 is 0 Å². The molecular formula is C23H30N2O5S. The van der Waals surface area contributed by atoms with Crippen molar-refractivity contribution < 1.29 is 22.7 Å². The molecule has 3 rings (SSSR count). The van der Waals surface area contributed by atoms with E-state index in [9.17, 15) is 13.2 Å². The fourth-order valence-electron chi connectivity index (χ4n) is 3.95. The van der Waals surface area contributed by atoms with Crippen molar-refractivity contribution in [3.05, 3.63) is 53.1 Å². The van der Waals surface area contributed by atoms with Gasteiger partial charge in [-0.3, -0.25) is 9.10 Å². The minimum absolute atomic E-state index is 0.307. The smallest absolute Gasteiger partial charge is 0.241 e. The molecule has 2 aromatic rings. The molecule has 168 valence electrons. The first-order chi connectivity index (χ1) is 14.4. The van der Waals surface area contributed by atoms with Gasteiger partial charge in [-0.15, -0.1) is 0 Å². The van der Waals surface area contributed by atoms with Crippen LogP contribution in [-0.4, -0.2) is 39.8 Å². The maximum absolute atomic E-state index is 13.0. The van der Waals surface area contributed by atoms with Crippen LogP contribution in [0.1, 0.15) is 43.0 Å². The third-order valence-corrected chi connectivity index (χ3v) is 6.33. The molecule has 0 radical (unpaired) electrons. The van der Waals surface area contributed by atoms with Crippen LogP contribution in [0.25, 0.3) is 0 Å². The van der Waals surface area contributed by atoms with Crippen LogP contribution < -0.4 is 19.1 Å². The average Bonchev–Trinajstić information content (AvgIpc) is 2.63. The molecule has 31 heavy (non-hydrogen) atoms. The average molecular weight is 447 g/mol. The van der Waals surface area contributed by atoms with Crippen LogP contribution in [0.3, 0.4) is 0 Å². The molecule has 0 spiro atoms. The zero-order chi connectivity index (χ0) is 23.0. The minimum Gasteiger partial charge on any atom is -0.497 e. The summed E-state index contributed by atoms with van der Waals surface area (Å²) in [6.45, 7) is 7.39. The van der Waals surface area contributed by atoms with E-state index < -0.39 is 15.6 Å². The quantitative estimate of drug-likeness (QED) is 0.734. The molecule has 0 saturated carbocycles. The molecule has 1 atom stereocenters. The first-order valence-corrected chi connectivity index (χ1v) is 11.9. The maximum atomic E-state index is 13.0. The first kappa shape index (κ1) is 22.9. The van der Waals surface area contributed by atoms with Crippen LogP contribution in [0, 0.1) is 13.8 Å². The number of hydrogen-bond donors (Lipinski definition) is 1. The molecule has 1 heterocycles. The number of sulfonamides is 1. The Labute approximate surface area is 184 Å². The second-order valence-electron chi connectivity index (χ2n) is 8.71. The van der Waals surface area contributed by atoms with Crippen molar-refractivity contribution in [1.29, 1.82) is 0 Å². The van der Waals surface area contributed by atoms with Gasteiger partial charge < -0.3 is 14.8 Å². The monoisotopic (exact) mass is 446 g/mol. The molecule has 2 aromatic carbocycles. The summed E-state index contributed by atoms with van der Waals surface area (Å²) in [6, 6.07) is 10.6. The first-order valence-electron chi connectivity index (χ1n) is 10.1. The molecule has 7 nitrogen and oxygen atoms in total. The van der Waals surface area contributed by atoms with Crippen molar-refractivity contribution in [3.63, 3.8) is 0 Å². The van der Waals surface area contributed by atoms with Gasteiger partial charge >= 0.3 is 0 Å². The fourth-order valence-corrected chi connectivity index (χ4v) is 4.79. The van der Waals surface area contributed by atoms with E-state index in [1.165, 1.54) is 0 Å². The highest BCUT2D eigenvalue weighted by molar-refractivity contribution is 7.92. The number of rotatable bonds is 6. The van der Waals surface area contributed by atoms with Crippen molar-refractivity contribution in [2.45, 2.75) is 45.8 Å². The molecule has 1 amide bonds. The summed E-state index contributed by atoms with van der Waals surface area (Å²) in [6.07, 6.45) is 1.65. The topological polar surface area (TPSA) is 84.9 Å². The van der Waals surface area contributed by atoms with Gasteiger partial charge in [0.15, 0.2) is 0 Å². The van der Waals surface area contributed by atoms with E-state index in [4.69, 9.17) is 9.47 Å². The van der Waals surface area contributed by atoms with Gasteiger partial charge in [0.2, 0.25) is 15.9 Å². The van der Waals surface area contributed by atoms with Crippen LogP contribution in [-0.2, 0) is 14.8 Å². The van der Waals surface area contributed by atoms with E-state index in [0.29, 0.717) is 23.6 Å². The summed E-state index contributed by atoms with van der Waals surface area (Å²) >= 11 is 0. The number of fused-ring (bicyclic) bond motifs is 1. The SMILES string of the molecule is COc1ccc2c(c1)C(NC(=O)CN(c1cc(C)cc(C)c1)S(C)(=O)=O)CC(C)(C)O2. The lowest BCUT2D eigenvalue weighted by Crippen LogP contribution is -2.45. The molecule has 8 heteroatoms. The molecular weight excluding hydrogens is 416 g/mol. The second kappa shape index (κ2) is 8.42. The molecule has 1 unspecified atom stereocenters. The number of carbonyl (C=O) groups excluding carboxylic acids is 1. The largest absolute Gasteiger partial charge is 0.497 e. The lowest BCUT2D eigenvalue weighted by atomic mass is 9.89. The molecule has 1 aliphatic heterocycles. The van der Waals surface area contributed by atoms with E-state index in [1.54, 1.807) is 19.2 Å². The third kappa shape index (κ3) is 5.50. The lowest BCUT2D eigenvalue weighted by Gasteiger charge is -2.38. The van der Waals surface area contributed by atoms with E-state index in [1.807, 2.05) is 52.0 Å². The Morgan fingerprint density at radius 1 is 1.19 bits per heavy atom. The Kier molecular flexibility index (Phi) is 6.23. The summed E-state index contributed by atoms with van der Waals surface area (Å²) in [5.41, 5.74) is 2.66. The third-order valence-electron chi connectivity index (χ3n) is 5.19. The maximum Gasteiger partial charge on any atom is 0.241 e. The molecule has 1 aliphatic rings. The number of ether oxygens (including phenoxy) is 2. The predicted molar refractivity (Wildman–Crippen MR) is 121 cm³/mol. The van der Waals surface area contributed by atoms with Crippen LogP contribution in [0.4, 0.5) is 5.69 Å². The zero-order valence-corrected chi connectivity index (χ0v) is 19.7. The molecule has 0 bridgehead atoms. The van der Waals surface area contributed by atoms with Gasteiger partial charge in [0.05, 0.1) is 25.1 Å². The number of benzene rings is 2. The number of aryl methyl sites for hydroxylation is 2. The molecule has 0 fully saturated rings. The number of methoxy groups -OCH3 is 1. The second-order valence-corrected chi connectivity index (χ2v) is 10.6. The predicted octanol–water partition coefficient (Wildman–Crippen LogP) is 3.50. The highest BCUT2D eigenvalue weighted by Crippen LogP contribution is 2.41. The van der Waals surface area contributed by atoms with Crippen LogP contribution in [0.15, 0.2) is 36.4 Å². The van der Waals surface area contributed by atoms with Crippen LogP contribution in [0.2, 0.25) is 0 Å². The van der Waals surface area contributed by atoms with Gasteiger partial charge in [0, 0.05) is 12.0 Å². The van der Waals surface area contributed by atoms with Gasteiger partial charge in [-0.25, -0.2) is 8.42 Å². The highest BCUT2D eigenvalue weighted by atomic mass is 32.2. The number of anilines is 1. The number of nitrogens with one attached hydrogen (secondary N) is 1. The standard InChI is InChI=1S/C23H30N2O5S/c1-15-9-16(2)11-17(10-15)25(31(6,27)28)14-22(26)24-20-13-23(3,4)30-21-8-7-18(29-5)12-19(20)21/h7-12,20H,13-14H2,1-6H3,(H,24,26). The van der Waals surface area contributed by atoms with E-state index in [2.05, 4.69) is 5.32 Å². The summed E-state index contributed by atoms with van der Waals surface area (Å²) in [7, 11) is -2.07. The molecule has 0 saturated heterocycles. The molecule has 1 N–H and O–H groups in total. The summed E-state index contributed by atoms with van der Waals surface area (Å²) in [5, 5.41) is 3.00. The Balaban J connectivity index is 1.87. The Morgan fingerprint density at radius 2 is 1.84 bits per heavy atom. The summed E-state index contributed by atoms with van der Waals surface area (Å²) < 4.78 is 37.5. The van der Waals surface area contributed by atoms with Crippen molar-refractivity contribution in [2.24, 2.45) is 0 Å². The van der Waals surface area contributed by atoms with Crippen LogP contribution in [0.5, 0.6) is 11.5 Å². The van der Waals surface area contributed by atoms with Crippen molar-refractivity contribution >= 4 is 21.6 Å². The zero-order valence-electron chi connectivity index (χ0n) is 18.9. The van der Waals surface area contributed by atoms with Gasteiger partial charge in [-0.05, 0) is 69.2 Å². The van der Waals surface area contributed by atoms with E-state index >= 15 is 0 Å². The number of hydrogen-bond acceptors (Lipinski definition) is 5.